The average molecular weight is 255 g/mol. The van der Waals surface area contributed by atoms with E-state index < -0.39 is 0 Å². The van der Waals surface area contributed by atoms with E-state index in [1.807, 2.05) is 11.8 Å². The Morgan fingerprint density at radius 1 is 1.41 bits per heavy atom. The summed E-state index contributed by atoms with van der Waals surface area (Å²) < 4.78 is 0. The molecule has 0 aliphatic rings. The van der Waals surface area contributed by atoms with Crippen LogP contribution in [0.5, 0.6) is 0 Å². The zero-order valence-corrected chi connectivity index (χ0v) is 10.6. The molecular weight excluding hydrogens is 238 g/mol. The Labute approximate surface area is 105 Å². The first-order valence-electron chi connectivity index (χ1n) is 5.33. The minimum Gasteiger partial charge on any atom is -0.351 e. The van der Waals surface area contributed by atoms with Gasteiger partial charge < -0.3 is 10.7 Å². The molecule has 94 valence electrons. The number of nitrogens with two attached hydrogens (primary N) is 1. The number of anilines is 1. The van der Waals surface area contributed by atoms with Gasteiger partial charge in [-0.25, -0.2) is 15.8 Å². The minimum atomic E-state index is -0.203. The molecule has 0 radical (unpaired) electrons. The number of amides is 1. The summed E-state index contributed by atoms with van der Waals surface area (Å²) in [5, 5.41) is 2.79. The van der Waals surface area contributed by atoms with E-state index in [1.54, 1.807) is 0 Å². The third-order valence-corrected chi connectivity index (χ3v) is 2.79. The molecule has 1 aromatic rings. The van der Waals surface area contributed by atoms with Gasteiger partial charge in [0.15, 0.2) is 5.82 Å². The fourth-order valence-corrected chi connectivity index (χ4v) is 1.68. The highest BCUT2D eigenvalue weighted by Gasteiger charge is 2.06. The Morgan fingerprint density at radius 2 is 2.24 bits per heavy atom. The van der Waals surface area contributed by atoms with E-state index in [0.29, 0.717) is 18.1 Å². The second-order valence-corrected chi connectivity index (χ2v) is 4.37. The SMILES string of the molecule is CSCCCCNC(=O)c1cnc(NN)cn1. The molecule has 1 amide bonds. The Morgan fingerprint density at radius 3 is 2.82 bits per heavy atom. The minimum absolute atomic E-state index is 0.203. The summed E-state index contributed by atoms with van der Waals surface area (Å²) in [7, 11) is 0. The van der Waals surface area contributed by atoms with E-state index in [0.717, 1.165) is 18.6 Å². The van der Waals surface area contributed by atoms with Crippen LogP contribution < -0.4 is 16.6 Å². The Bertz CT molecular complexity index is 343. The number of nitrogen functional groups attached to an aromatic ring is 1. The molecule has 1 heterocycles. The van der Waals surface area contributed by atoms with Crippen LogP contribution in [-0.2, 0) is 0 Å². The largest absolute Gasteiger partial charge is 0.351 e. The molecule has 0 aliphatic carbocycles. The van der Waals surface area contributed by atoms with Crippen LogP contribution in [0.2, 0.25) is 0 Å². The highest BCUT2D eigenvalue weighted by molar-refractivity contribution is 7.98. The molecule has 7 heteroatoms. The summed E-state index contributed by atoms with van der Waals surface area (Å²) in [5.41, 5.74) is 2.65. The number of aromatic nitrogens is 2. The molecule has 4 N–H and O–H groups in total. The standard InChI is InChI=1S/C10H17N5OS/c1-17-5-3-2-4-12-10(16)8-6-14-9(15-11)7-13-8/h6-7H,2-5,11H2,1H3,(H,12,16)(H,14,15). The lowest BCUT2D eigenvalue weighted by atomic mass is 10.3. The quantitative estimate of drug-likeness (QED) is 0.376. The topological polar surface area (TPSA) is 92.9 Å². The second kappa shape index (κ2) is 7.86. The third-order valence-electron chi connectivity index (χ3n) is 2.09. The highest BCUT2D eigenvalue weighted by atomic mass is 32.2. The van der Waals surface area contributed by atoms with Crippen LogP contribution in [0.25, 0.3) is 0 Å². The van der Waals surface area contributed by atoms with Crippen LogP contribution >= 0.6 is 11.8 Å². The van der Waals surface area contributed by atoms with Gasteiger partial charge in [0.25, 0.3) is 5.91 Å². The van der Waals surface area contributed by atoms with Crippen molar-refractivity contribution in [3.8, 4) is 0 Å². The summed E-state index contributed by atoms with van der Waals surface area (Å²) in [6.45, 7) is 0.665. The zero-order chi connectivity index (χ0) is 12.5. The molecule has 0 unspecified atom stereocenters. The average Bonchev–Trinajstić information content (AvgIpc) is 2.38. The molecule has 0 saturated heterocycles. The summed E-state index contributed by atoms with van der Waals surface area (Å²) in [5.74, 6) is 6.49. The van der Waals surface area contributed by atoms with Gasteiger partial charge >= 0.3 is 0 Å². The number of hydrazine groups is 1. The highest BCUT2D eigenvalue weighted by Crippen LogP contribution is 2.00. The van der Waals surface area contributed by atoms with Crippen LogP contribution in [0.3, 0.4) is 0 Å². The van der Waals surface area contributed by atoms with Crippen molar-refractivity contribution in [1.29, 1.82) is 0 Å². The van der Waals surface area contributed by atoms with Gasteiger partial charge in [-0.2, -0.15) is 11.8 Å². The van der Waals surface area contributed by atoms with Gasteiger partial charge in [0.1, 0.15) is 5.69 Å². The Hall–Kier alpha value is -1.34. The van der Waals surface area contributed by atoms with Crippen LogP contribution in [0.1, 0.15) is 23.3 Å². The van der Waals surface area contributed by atoms with Crippen molar-refractivity contribution < 1.29 is 4.79 Å². The number of carbonyl (C=O) groups excluding carboxylic acids is 1. The molecule has 1 rings (SSSR count). The van der Waals surface area contributed by atoms with Gasteiger partial charge in [-0.1, -0.05) is 0 Å². The predicted molar refractivity (Wildman–Crippen MR) is 69.8 cm³/mol. The van der Waals surface area contributed by atoms with Crippen molar-refractivity contribution in [3.63, 3.8) is 0 Å². The third kappa shape index (κ3) is 5.01. The fraction of sp³-hybridized carbons (Fsp3) is 0.500. The van der Waals surface area contributed by atoms with Gasteiger partial charge in [-0.05, 0) is 24.9 Å². The fourth-order valence-electron chi connectivity index (χ4n) is 1.18. The van der Waals surface area contributed by atoms with Gasteiger partial charge in [0, 0.05) is 6.54 Å². The maximum atomic E-state index is 11.6. The number of rotatable bonds is 7. The van der Waals surface area contributed by atoms with Crippen molar-refractivity contribution in [1.82, 2.24) is 15.3 Å². The van der Waals surface area contributed by atoms with Gasteiger partial charge in [-0.3, -0.25) is 4.79 Å². The summed E-state index contributed by atoms with van der Waals surface area (Å²) in [6.07, 6.45) is 6.96. The number of nitrogens with zero attached hydrogens (tertiary/aromatic N) is 2. The number of hydrogen-bond acceptors (Lipinski definition) is 6. The molecule has 0 fully saturated rings. The lowest BCUT2D eigenvalue weighted by molar-refractivity contribution is 0.0948. The molecule has 0 saturated carbocycles. The van der Waals surface area contributed by atoms with Crippen LogP contribution in [0, 0.1) is 0 Å². The maximum absolute atomic E-state index is 11.6. The van der Waals surface area contributed by atoms with Gasteiger partial charge in [-0.15, -0.1) is 0 Å². The number of nitrogens with one attached hydrogen (secondary N) is 2. The molecule has 0 aliphatic heterocycles. The number of carbonyl (C=O) groups is 1. The maximum Gasteiger partial charge on any atom is 0.271 e. The molecular formula is C10H17N5OS. The molecule has 0 spiro atoms. The number of hydrogen-bond donors (Lipinski definition) is 3. The van der Waals surface area contributed by atoms with E-state index in [2.05, 4.69) is 27.0 Å². The van der Waals surface area contributed by atoms with Crippen LogP contribution in [0.4, 0.5) is 5.82 Å². The number of unbranched alkanes of at least 4 members (excludes halogenated alkanes) is 1. The van der Waals surface area contributed by atoms with Crippen LogP contribution in [0.15, 0.2) is 12.4 Å². The molecule has 6 nitrogen and oxygen atoms in total. The smallest absolute Gasteiger partial charge is 0.271 e. The van der Waals surface area contributed by atoms with Crippen molar-refractivity contribution in [2.24, 2.45) is 5.84 Å². The molecule has 0 aromatic carbocycles. The van der Waals surface area contributed by atoms with E-state index in [9.17, 15) is 4.79 Å². The van der Waals surface area contributed by atoms with E-state index in [-0.39, 0.29) is 5.91 Å². The summed E-state index contributed by atoms with van der Waals surface area (Å²) >= 11 is 1.81. The first kappa shape index (κ1) is 13.7. The Balaban J connectivity index is 2.31. The van der Waals surface area contributed by atoms with E-state index >= 15 is 0 Å². The van der Waals surface area contributed by atoms with E-state index in [4.69, 9.17) is 5.84 Å². The Kier molecular flexibility index (Phi) is 6.34. The second-order valence-electron chi connectivity index (χ2n) is 3.39. The molecule has 0 atom stereocenters. The van der Waals surface area contributed by atoms with Crippen LogP contribution in [-0.4, -0.2) is 34.4 Å². The molecule has 17 heavy (non-hydrogen) atoms. The summed E-state index contributed by atoms with van der Waals surface area (Å²) in [6, 6.07) is 0. The lowest BCUT2D eigenvalue weighted by Gasteiger charge is -2.04. The molecule has 0 bridgehead atoms. The lowest BCUT2D eigenvalue weighted by Crippen LogP contribution is -2.25. The van der Waals surface area contributed by atoms with Crippen molar-refractivity contribution in [3.05, 3.63) is 18.1 Å². The predicted octanol–water partition coefficient (Wildman–Crippen LogP) is 0.635. The van der Waals surface area contributed by atoms with Crippen molar-refractivity contribution in [2.45, 2.75) is 12.8 Å². The van der Waals surface area contributed by atoms with Crippen molar-refractivity contribution >= 4 is 23.5 Å². The zero-order valence-electron chi connectivity index (χ0n) is 9.77. The van der Waals surface area contributed by atoms with Gasteiger partial charge in [0.2, 0.25) is 0 Å². The van der Waals surface area contributed by atoms with Crippen molar-refractivity contribution in [2.75, 3.05) is 24.0 Å². The first-order valence-corrected chi connectivity index (χ1v) is 6.73. The first-order chi connectivity index (χ1) is 8.27. The van der Waals surface area contributed by atoms with E-state index in [1.165, 1.54) is 12.4 Å². The monoisotopic (exact) mass is 255 g/mol. The summed E-state index contributed by atoms with van der Waals surface area (Å²) in [4.78, 5) is 19.5. The van der Waals surface area contributed by atoms with Gasteiger partial charge in [0.05, 0.1) is 12.4 Å². The number of thioether (sulfide) groups is 1. The normalized spacial score (nSPS) is 10.0. The molecule has 1 aromatic heterocycles.